The molecule has 0 saturated heterocycles. The van der Waals surface area contributed by atoms with Gasteiger partial charge in [-0.25, -0.2) is 0 Å². The Morgan fingerprint density at radius 2 is 2.09 bits per heavy atom. The zero-order valence-corrected chi connectivity index (χ0v) is 16.0. The number of nitrogens with zero attached hydrogens (tertiary/aromatic N) is 1. The molecule has 5 heteroatoms. The van der Waals surface area contributed by atoms with Crippen LogP contribution >= 0.6 is 27.3 Å². The molecule has 1 unspecified atom stereocenters. The van der Waals surface area contributed by atoms with Crippen LogP contribution in [0.1, 0.15) is 36.8 Å². The van der Waals surface area contributed by atoms with Gasteiger partial charge in [0, 0.05) is 15.4 Å². The molecular formula is C18H23BrN2OS. The number of benzene rings is 1. The fourth-order valence-corrected chi connectivity index (χ4v) is 3.81. The maximum atomic E-state index is 12.3. The van der Waals surface area contributed by atoms with E-state index < -0.39 is 0 Å². The standard InChI is InChI=1S/C18H23BrN2OS/c1-3-10-21(14(2)16-8-4-5-9-17(16)19)13-18(22)20-12-15-7-6-11-23-15/h4-9,11,14H,3,10,12-13H2,1-2H3,(H,20,22). The number of carbonyl (C=O) groups excluding carboxylic acids is 1. The number of carbonyl (C=O) groups is 1. The minimum atomic E-state index is 0.0748. The third-order valence-corrected chi connectivity index (χ3v) is 5.40. The first-order valence-corrected chi connectivity index (χ1v) is 9.56. The SMILES string of the molecule is CCCN(CC(=O)NCc1cccs1)C(C)c1ccccc1Br. The largest absolute Gasteiger partial charge is 0.350 e. The van der Waals surface area contributed by atoms with Crippen LogP contribution in [0, 0.1) is 0 Å². The molecule has 1 atom stereocenters. The molecule has 1 aromatic carbocycles. The van der Waals surface area contributed by atoms with Crippen molar-refractivity contribution in [3.8, 4) is 0 Å². The molecule has 1 N–H and O–H groups in total. The number of nitrogens with one attached hydrogen (secondary N) is 1. The Bertz CT molecular complexity index is 615. The van der Waals surface area contributed by atoms with E-state index in [2.05, 4.69) is 46.1 Å². The van der Waals surface area contributed by atoms with Gasteiger partial charge >= 0.3 is 0 Å². The van der Waals surface area contributed by atoms with Gasteiger partial charge in [0.05, 0.1) is 13.1 Å². The molecule has 124 valence electrons. The van der Waals surface area contributed by atoms with Crippen LogP contribution in [0.25, 0.3) is 0 Å². The summed E-state index contributed by atoms with van der Waals surface area (Å²) in [5.41, 5.74) is 1.21. The normalized spacial score (nSPS) is 12.3. The number of rotatable bonds is 8. The van der Waals surface area contributed by atoms with Gasteiger partial charge in [-0.1, -0.05) is 47.1 Å². The maximum Gasteiger partial charge on any atom is 0.234 e. The minimum absolute atomic E-state index is 0.0748. The van der Waals surface area contributed by atoms with Crippen molar-refractivity contribution in [2.75, 3.05) is 13.1 Å². The van der Waals surface area contributed by atoms with E-state index in [0.717, 1.165) is 17.4 Å². The molecule has 2 aromatic rings. The van der Waals surface area contributed by atoms with Gasteiger partial charge in [-0.2, -0.15) is 0 Å². The lowest BCUT2D eigenvalue weighted by Gasteiger charge is -2.29. The highest BCUT2D eigenvalue weighted by Crippen LogP contribution is 2.27. The highest BCUT2D eigenvalue weighted by Gasteiger charge is 2.19. The molecule has 1 heterocycles. The smallest absolute Gasteiger partial charge is 0.234 e. The third-order valence-electron chi connectivity index (χ3n) is 3.80. The van der Waals surface area contributed by atoms with Crippen molar-refractivity contribution in [1.29, 1.82) is 0 Å². The van der Waals surface area contributed by atoms with Crippen LogP contribution in [0.5, 0.6) is 0 Å². The molecule has 1 aromatic heterocycles. The van der Waals surface area contributed by atoms with E-state index in [1.807, 2.05) is 35.7 Å². The summed E-state index contributed by atoms with van der Waals surface area (Å²) in [5.74, 6) is 0.0748. The van der Waals surface area contributed by atoms with E-state index in [1.165, 1.54) is 10.4 Å². The first kappa shape index (κ1) is 18.2. The second-order valence-corrected chi connectivity index (χ2v) is 7.41. The summed E-state index contributed by atoms with van der Waals surface area (Å²) < 4.78 is 1.09. The predicted molar refractivity (Wildman–Crippen MR) is 101 cm³/mol. The van der Waals surface area contributed by atoms with Crippen LogP contribution in [0.4, 0.5) is 0 Å². The minimum Gasteiger partial charge on any atom is -0.350 e. The molecule has 0 aliphatic rings. The molecule has 0 aliphatic heterocycles. The zero-order chi connectivity index (χ0) is 16.7. The van der Waals surface area contributed by atoms with Crippen LogP contribution in [0.15, 0.2) is 46.3 Å². The van der Waals surface area contributed by atoms with Crippen molar-refractivity contribution in [2.24, 2.45) is 0 Å². The second kappa shape index (κ2) is 9.21. The molecular weight excluding hydrogens is 372 g/mol. The predicted octanol–water partition coefficient (Wildman–Crippen LogP) is 4.60. The Morgan fingerprint density at radius 3 is 2.74 bits per heavy atom. The fraction of sp³-hybridized carbons (Fsp3) is 0.389. The van der Waals surface area contributed by atoms with Crippen LogP contribution in [0.3, 0.4) is 0 Å². The summed E-state index contributed by atoms with van der Waals surface area (Å²) in [5, 5.41) is 5.04. The summed E-state index contributed by atoms with van der Waals surface area (Å²) >= 11 is 5.28. The summed E-state index contributed by atoms with van der Waals surface area (Å²) in [6.07, 6.45) is 1.02. The molecule has 0 bridgehead atoms. The van der Waals surface area contributed by atoms with Crippen molar-refractivity contribution in [1.82, 2.24) is 10.2 Å². The van der Waals surface area contributed by atoms with Crippen LogP contribution in [-0.4, -0.2) is 23.9 Å². The molecule has 0 aliphatic carbocycles. The van der Waals surface area contributed by atoms with Crippen molar-refractivity contribution in [3.05, 3.63) is 56.7 Å². The van der Waals surface area contributed by atoms with E-state index in [1.54, 1.807) is 11.3 Å². The quantitative estimate of drug-likeness (QED) is 0.709. The van der Waals surface area contributed by atoms with Gasteiger partial charge in [0.25, 0.3) is 0 Å². The fourth-order valence-electron chi connectivity index (χ4n) is 2.55. The van der Waals surface area contributed by atoms with Gasteiger partial charge < -0.3 is 5.32 Å². The van der Waals surface area contributed by atoms with Crippen molar-refractivity contribution < 1.29 is 4.79 Å². The summed E-state index contributed by atoms with van der Waals surface area (Å²) in [6, 6.07) is 12.4. The molecule has 23 heavy (non-hydrogen) atoms. The Labute approximate surface area is 150 Å². The van der Waals surface area contributed by atoms with Gasteiger partial charge in [-0.3, -0.25) is 9.69 Å². The second-order valence-electron chi connectivity index (χ2n) is 5.52. The number of thiophene rings is 1. The van der Waals surface area contributed by atoms with E-state index in [9.17, 15) is 4.79 Å². The first-order chi connectivity index (χ1) is 11.1. The van der Waals surface area contributed by atoms with Gasteiger partial charge in [0.2, 0.25) is 5.91 Å². The number of hydrogen-bond acceptors (Lipinski definition) is 3. The monoisotopic (exact) mass is 394 g/mol. The summed E-state index contributed by atoms with van der Waals surface area (Å²) in [4.78, 5) is 15.7. The highest BCUT2D eigenvalue weighted by molar-refractivity contribution is 9.10. The lowest BCUT2D eigenvalue weighted by Crippen LogP contribution is -2.38. The molecule has 0 radical (unpaired) electrons. The average molecular weight is 395 g/mol. The first-order valence-electron chi connectivity index (χ1n) is 7.89. The Balaban J connectivity index is 1.97. The zero-order valence-electron chi connectivity index (χ0n) is 13.6. The van der Waals surface area contributed by atoms with E-state index >= 15 is 0 Å². The van der Waals surface area contributed by atoms with Crippen LogP contribution in [-0.2, 0) is 11.3 Å². The Kier molecular flexibility index (Phi) is 7.27. The van der Waals surface area contributed by atoms with Crippen LogP contribution in [0.2, 0.25) is 0 Å². The summed E-state index contributed by atoms with van der Waals surface area (Å²) in [7, 11) is 0. The topological polar surface area (TPSA) is 32.3 Å². The molecule has 1 amide bonds. The van der Waals surface area contributed by atoms with Gasteiger partial charge in [-0.15, -0.1) is 11.3 Å². The van der Waals surface area contributed by atoms with Gasteiger partial charge in [0.1, 0.15) is 0 Å². The van der Waals surface area contributed by atoms with Crippen molar-refractivity contribution >= 4 is 33.2 Å². The average Bonchev–Trinajstić information content (AvgIpc) is 3.06. The molecule has 3 nitrogen and oxygen atoms in total. The Morgan fingerprint density at radius 1 is 1.30 bits per heavy atom. The van der Waals surface area contributed by atoms with Gasteiger partial charge in [-0.05, 0) is 43.0 Å². The van der Waals surface area contributed by atoms with E-state index in [4.69, 9.17) is 0 Å². The number of hydrogen-bond donors (Lipinski definition) is 1. The molecule has 2 rings (SSSR count). The van der Waals surface area contributed by atoms with E-state index in [-0.39, 0.29) is 11.9 Å². The highest BCUT2D eigenvalue weighted by atomic mass is 79.9. The lowest BCUT2D eigenvalue weighted by molar-refractivity contribution is -0.122. The summed E-state index contributed by atoms with van der Waals surface area (Å²) in [6.45, 7) is 6.22. The van der Waals surface area contributed by atoms with Gasteiger partial charge in [0.15, 0.2) is 0 Å². The van der Waals surface area contributed by atoms with Crippen molar-refractivity contribution in [3.63, 3.8) is 0 Å². The maximum absolute atomic E-state index is 12.3. The van der Waals surface area contributed by atoms with E-state index in [0.29, 0.717) is 13.1 Å². The molecule has 0 spiro atoms. The number of halogens is 1. The molecule has 0 saturated carbocycles. The van der Waals surface area contributed by atoms with Crippen molar-refractivity contribution in [2.45, 2.75) is 32.9 Å². The lowest BCUT2D eigenvalue weighted by atomic mass is 10.1. The number of amides is 1. The third kappa shape index (κ3) is 5.44. The Hall–Kier alpha value is -1.17. The van der Waals surface area contributed by atoms with Crippen LogP contribution < -0.4 is 5.32 Å². The molecule has 0 fully saturated rings.